The van der Waals surface area contributed by atoms with Crippen molar-refractivity contribution in [3.63, 3.8) is 0 Å². The maximum Gasteiger partial charge on any atom is 0.418 e. The summed E-state index contributed by atoms with van der Waals surface area (Å²) in [6.45, 7) is 3.18. The van der Waals surface area contributed by atoms with Crippen LogP contribution in [0.15, 0.2) is 22.7 Å². The van der Waals surface area contributed by atoms with Gasteiger partial charge in [-0.1, -0.05) is 15.9 Å². The van der Waals surface area contributed by atoms with E-state index in [1.165, 1.54) is 13.0 Å². The molecule has 1 fully saturated rings. The molecular weight excluding hydrogens is 337 g/mol. The molecular formula is C13H14BrF3N2O. The first-order valence-corrected chi connectivity index (χ1v) is 6.95. The molecule has 7 heteroatoms. The highest BCUT2D eigenvalue weighted by molar-refractivity contribution is 9.10. The Morgan fingerprint density at radius 2 is 1.80 bits per heavy atom. The molecule has 0 saturated carbocycles. The van der Waals surface area contributed by atoms with E-state index in [4.69, 9.17) is 0 Å². The van der Waals surface area contributed by atoms with Gasteiger partial charge in [-0.25, -0.2) is 0 Å². The van der Waals surface area contributed by atoms with E-state index in [9.17, 15) is 18.0 Å². The molecule has 1 saturated heterocycles. The summed E-state index contributed by atoms with van der Waals surface area (Å²) in [4.78, 5) is 14.6. The van der Waals surface area contributed by atoms with Crippen LogP contribution in [-0.2, 0) is 11.0 Å². The minimum Gasteiger partial charge on any atom is -0.367 e. The smallest absolute Gasteiger partial charge is 0.367 e. The van der Waals surface area contributed by atoms with Crippen LogP contribution in [0.3, 0.4) is 0 Å². The number of nitrogens with zero attached hydrogens (tertiary/aromatic N) is 2. The van der Waals surface area contributed by atoms with Crippen LogP contribution >= 0.6 is 15.9 Å². The standard InChI is InChI=1S/C13H14BrF3N2O/c1-9(20)18-4-6-19(7-5-18)12-3-2-10(14)8-11(12)13(15,16)17/h2-3,8H,4-7H2,1H3. The van der Waals surface area contributed by atoms with Gasteiger partial charge in [0.1, 0.15) is 0 Å². The highest BCUT2D eigenvalue weighted by Gasteiger charge is 2.35. The monoisotopic (exact) mass is 350 g/mol. The zero-order valence-corrected chi connectivity index (χ0v) is 12.5. The second-order valence-corrected chi connectivity index (χ2v) is 5.57. The zero-order valence-electron chi connectivity index (χ0n) is 10.9. The summed E-state index contributed by atoms with van der Waals surface area (Å²) in [5, 5.41) is 0. The van der Waals surface area contributed by atoms with Crippen molar-refractivity contribution in [3.8, 4) is 0 Å². The number of alkyl halides is 3. The lowest BCUT2D eigenvalue weighted by atomic mass is 10.1. The number of rotatable bonds is 1. The molecule has 0 aromatic heterocycles. The van der Waals surface area contributed by atoms with Crippen molar-refractivity contribution in [3.05, 3.63) is 28.2 Å². The van der Waals surface area contributed by atoms with Crippen molar-refractivity contribution in [2.24, 2.45) is 0 Å². The first-order valence-electron chi connectivity index (χ1n) is 6.16. The number of anilines is 1. The predicted molar refractivity (Wildman–Crippen MR) is 73.6 cm³/mol. The number of carbonyl (C=O) groups is 1. The number of benzene rings is 1. The van der Waals surface area contributed by atoms with Gasteiger partial charge < -0.3 is 9.80 Å². The Morgan fingerprint density at radius 1 is 1.20 bits per heavy atom. The summed E-state index contributed by atoms with van der Waals surface area (Å²) in [5.74, 6) is -0.0449. The summed E-state index contributed by atoms with van der Waals surface area (Å²) in [6, 6.07) is 4.16. The fraction of sp³-hybridized carbons (Fsp3) is 0.462. The van der Waals surface area contributed by atoms with E-state index in [0.29, 0.717) is 30.7 Å². The van der Waals surface area contributed by atoms with Crippen molar-refractivity contribution < 1.29 is 18.0 Å². The second-order valence-electron chi connectivity index (χ2n) is 4.65. The molecule has 0 unspecified atom stereocenters. The highest BCUT2D eigenvalue weighted by atomic mass is 79.9. The van der Waals surface area contributed by atoms with Gasteiger partial charge in [-0.2, -0.15) is 13.2 Å². The average Bonchev–Trinajstić information content (AvgIpc) is 2.38. The first-order chi connectivity index (χ1) is 9.29. The van der Waals surface area contributed by atoms with Gasteiger partial charge in [-0.3, -0.25) is 4.79 Å². The van der Waals surface area contributed by atoms with Crippen molar-refractivity contribution in [1.29, 1.82) is 0 Å². The molecule has 2 rings (SSSR count). The summed E-state index contributed by atoms with van der Waals surface area (Å²) in [6.07, 6.45) is -4.39. The van der Waals surface area contributed by atoms with Gasteiger partial charge in [0.2, 0.25) is 5.91 Å². The molecule has 0 bridgehead atoms. The van der Waals surface area contributed by atoms with E-state index in [1.807, 2.05) is 0 Å². The molecule has 0 atom stereocenters. The lowest BCUT2D eigenvalue weighted by molar-refractivity contribution is -0.137. The van der Waals surface area contributed by atoms with E-state index in [2.05, 4.69) is 15.9 Å². The average molecular weight is 351 g/mol. The Hall–Kier alpha value is -1.24. The molecule has 1 aliphatic heterocycles. The van der Waals surface area contributed by atoms with Crippen LogP contribution in [0, 0.1) is 0 Å². The van der Waals surface area contributed by atoms with Gasteiger partial charge >= 0.3 is 6.18 Å². The maximum absolute atomic E-state index is 13.1. The molecule has 0 aliphatic carbocycles. The second kappa shape index (κ2) is 5.63. The number of piperazine rings is 1. The third-order valence-corrected chi connectivity index (χ3v) is 3.82. The molecule has 0 radical (unpaired) electrons. The molecule has 1 aromatic carbocycles. The summed E-state index contributed by atoms with van der Waals surface area (Å²) in [7, 11) is 0. The van der Waals surface area contributed by atoms with Crippen molar-refractivity contribution in [2.75, 3.05) is 31.1 Å². The zero-order chi connectivity index (χ0) is 14.9. The van der Waals surface area contributed by atoms with Crippen LogP contribution in [0.5, 0.6) is 0 Å². The van der Waals surface area contributed by atoms with Gasteiger partial charge in [0, 0.05) is 43.3 Å². The van der Waals surface area contributed by atoms with Gasteiger partial charge in [0.15, 0.2) is 0 Å². The van der Waals surface area contributed by atoms with Crippen LogP contribution in [0.4, 0.5) is 18.9 Å². The van der Waals surface area contributed by atoms with Crippen LogP contribution < -0.4 is 4.90 Å². The third kappa shape index (κ3) is 3.26. The molecule has 1 amide bonds. The third-order valence-electron chi connectivity index (χ3n) is 3.33. The quantitative estimate of drug-likeness (QED) is 0.776. The molecule has 0 N–H and O–H groups in total. The lowest BCUT2D eigenvalue weighted by Gasteiger charge is -2.36. The molecule has 1 aliphatic rings. The van der Waals surface area contributed by atoms with Crippen LogP contribution in [0.2, 0.25) is 0 Å². The molecule has 3 nitrogen and oxygen atoms in total. The van der Waals surface area contributed by atoms with E-state index in [0.717, 1.165) is 6.07 Å². The van der Waals surface area contributed by atoms with Gasteiger partial charge in [0.05, 0.1) is 5.56 Å². The summed E-state index contributed by atoms with van der Waals surface area (Å²) >= 11 is 3.07. The van der Waals surface area contributed by atoms with E-state index >= 15 is 0 Å². The van der Waals surface area contributed by atoms with Gasteiger partial charge in [-0.15, -0.1) is 0 Å². The Bertz CT molecular complexity index is 511. The molecule has 1 aromatic rings. The number of carbonyl (C=O) groups excluding carboxylic acids is 1. The Labute approximate surface area is 123 Å². The summed E-state index contributed by atoms with van der Waals surface area (Å²) < 4.78 is 39.6. The Kier molecular flexibility index (Phi) is 4.27. The molecule has 1 heterocycles. The van der Waals surface area contributed by atoms with Crippen LogP contribution in [-0.4, -0.2) is 37.0 Å². The lowest BCUT2D eigenvalue weighted by Crippen LogP contribution is -2.48. The fourth-order valence-corrected chi connectivity index (χ4v) is 2.63. The van der Waals surface area contributed by atoms with Crippen LogP contribution in [0.25, 0.3) is 0 Å². The minimum absolute atomic E-state index is 0.0449. The number of halogens is 4. The fourth-order valence-electron chi connectivity index (χ4n) is 2.27. The topological polar surface area (TPSA) is 23.6 Å². The van der Waals surface area contributed by atoms with Crippen LogP contribution in [0.1, 0.15) is 12.5 Å². The SMILES string of the molecule is CC(=O)N1CCN(c2ccc(Br)cc2C(F)(F)F)CC1. The van der Waals surface area contributed by atoms with Crippen molar-refractivity contribution in [2.45, 2.75) is 13.1 Å². The van der Waals surface area contributed by atoms with E-state index in [1.54, 1.807) is 15.9 Å². The first kappa shape index (κ1) is 15.2. The molecule has 0 spiro atoms. The Morgan fingerprint density at radius 3 is 2.30 bits per heavy atom. The van der Waals surface area contributed by atoms with Crippen molar-refractivity contribution >= 4 is 27.5 Å². The normalized spacial score (nSPS) is 16.4. The van der Waals surface area contributed by atoms with Gasteiger partial charge in [-0.05, 0) is 18.2 Å². The number of amides is 1. The van der Waals surface area contributed by atoms with Crippen molar-refractivity contribution in [1.82, 2.24) is 4.90 Å². The largest absolute Gasteiger partial charge is 0.418 e. The predicted octanol–water partition coefficient (Wildman–Crippen LogP) is 3.14. The van der Waals surface area contributed by atoms with E-state index < -0.39 is 11.7 Å². The number of hydrogen-bond acceptors (Lipinski definition) is 2. The minimum atomic E-state index is -4.39. The molecule has 20 heavy (non-hydrogen) atoms. The highest BCUT2D eigenvalue weighted by Crippen LogP contribution is 2.38. The number of hydrogen-bond donors (Lipinski definition) is 0. The summed E-state index contributed by atoms with van der Waals surface area (Å²) in [5.41, 5.74) is -0.480. The molecule has 110 valence electrons. The Balaban J connectivity index is 2.24. The maximum atomic E-state index is 13.1. The van der Waals surface area contributed by atoms with E-state index in [-0.39, 0.29) is 11.6 Å². The van der Waals surface area contributed by atoms with Gasteiger partial charge in [0.25, 0.3) is 0 Å².